The molecule has 0 radical (unpaired) electrons. The summed E-state index contributed by atoms with van der Waals surface area (Å²) in [7, 11) is 2.01. The first-order valence-electron chi connectivity index (χ1n) is 7.44. The predicted octanol–water partition coefficient (Wildman–Crippen LogP) is 3.61. The van der Waals surface area contributed by atoms with E-state index in [1.807, 2.05) is 7.05 Å². The summed E-state index contributed by atoms with van der Waals surface area (Å²) in [5.74, 6) is 0.414. The Morgan fingerprint density at radius 1 is 1.10 bits per heavy atom. The zero-order valence-electron chi connectivity index (χ0n) is 12.6. The van der Waals surface area contributed by atoms with Crippen LogP contribution in [0, 0.1) is 6.92 Å². The Labute approximate surface area is 125 Å². The summed E-state index contributed by atoms with van der Waals surface area (Å²) in [5, 5.41) is 11.9. The van der Waals surface area contributed by atoms with E-state index in [4.69, 9.17) is 0 Å². The molecule has 0 bridgehead atoms. The van der Waals surface area contributed by atoms with Gasteiger partial charge in [0.15, 0.2) is 0 Å². The number of hydrogen-bond acceptors (Lipinski definition) is 2. The van der Waals surface area contributed by atoms with Crippen molar-refractivity contribution >= 4 is 10.9 Å². The van der Waals surface area contributed by atoms with Gasteiger partial charge in [-0.15, -0.1) is 0 Å². The van der Waals surface area contributed by atoms with Crippen LogP contribution >= 0.6 is 0 Å². The normalized spacial score (nSPS) is 12.7. The standard InChI is InChI=1S/C18H21N3/c1-13-17-12-15(8-9-18(17)21-20-13)16(10-11-19-2)14-6-4-3-5-7-14/h3-9,12,16,19H,10-11H2,1-2H3,(H,20,21). The first-order valence-corrected chi connectivity index (χ1v) is 7.44. The lowest BCUT2D eigenvalue weighted by Gasteiger charge is -2.18. The lowest BCUT2D eigenvalue weighted by molar-refractivity contribution is 0.662. The fraction of sp³-hybridized carbons (Fsp3) is 0.278. The van der Waals surface area contributed by atoms with Gasteiger partial charge in [0.1, 0.15) is 0 Å². The van der Waals surface area contributed by atoms with Crippen molar-refractivity contribution in [3.8, 4) is 0 Å². The summed E-state index contributed by atoms with van der Waals surface area (Å²) >= 11 is 0. The van der Waals surface area contributed by atoms with Crippen molar-refractivity contribution in [2.45, 2.75) is 19.3 Å². The van der Waals surface area contributed by atoms with Crippen molar-refractivity contribution in [1.29, 1.82) is 0 Å². The van der Waals surface area contributed by atoms with Crippen molar-refractivity contribution < 1.29 is 0 Å². The zero-order chi connectivity index (χ0) is 14.7. The quantitative estimate of drug-likeness (QED) is 0.749. The van der Waals surface area contributed by atoms with Crippen LogP contribution in [0.1, 0.15) is 29.2 Å². The van der Waals surface area contributed by atoms with Gasteiger partial charge in [0.05, 0.1) is 5.52 Å². The number of H-pyrrole nitrogens is 1. The van der Waals surface area contributed by atoms with Crippen LogP contribution in [0.2, 0.25) is 0 Å². The largest absolute Gasteiger partial charge is 0.320 e. The predicted molar refractivity (Wildman–Crippen MR) is 87.7 cm³/mol. The molecule has 0 saturated heterocycles. The summed E-state index contributed by atoms with van der Waals surface area (Å²) in [6.07, 6.45) is 1.09. The lowest BCUT2D eigenvalue weighted by atomic mass is 9.88. The average Bonchev–Trinajstić information content (AvgIpc) is 2.90. The van der Waals surface area contributed by atoms with Crippen LogP contribution in [-0.2, 0) is 0 Å². The minimum atomic E-state index is 0.414. The molecule has 2 aromatic carbocycles. The van der Waals surface area contributed by atoms with Gasteiger partial charge in [0.2, 0.25) is 0 Å². The molecule has 0 aliphatic heterocycles. The molecule has 0 spiro atoms. The van der Waals surface area contributed by atoms with Gasteiger partial charge >= 0.3 is 0 Å². The van der Waals surface area contributed by atoms with E-state index in [-0.39, 0.29) is 0 Å². The Morgan fingerprint density at radius 2 is 1.90 bits per heavy atom. The number of aromatic nitrogens is 2. The molecule has 0 fully saturated rings. The monoisotopic (exact) mass is 279 g/mol. The molecule has 1 unspecified atom stereocenters. The maximum absolute atomic E-state index is 4.32. The first kappa shape index (κ1) is 13.8. The van der Waals surface area contributed by atoms with Crippen molar-refractivity contribution in [3.05, 3.63) is 65.4 Å². The van der Waals surface area contributed by atoms with E-state index in [9.17, 15) is 0 Å². The maximum atomic E-state index is 4.32. The number of aryl methyl sites for hydroxylation is 1. The van der Waals surface area contributed by atoms with Crippen molar-refractivity contribution in [2.24, 2.45) is 0 Å². The second kappa shape index (κ2) is 6.10. The Balaban J connectivity index is 2.02. The van der Waals surface area contributed by atoms with Crippen molar-refractivity contribution in [3.63, 3.8) is 0 Å². The molecule has 0 aliphatic rings. The molecule has 1 aromatic heterocycles. The number of benzene rings is 2. The molecule has 108 valence electrons. The van der Waals surface area contributed by atoms with Gasteiger partial charge in [-0.2, -0.15) is 5.10 Å². The van der Waals surface area contributed by atoms with E-state index in [0.29, 0.717) is 5.92 Å². The van der Waals surface area contributed by atoms with E-state index in [1.54, 1.807) is 0 Å². The van der Waals surface area contributed by atoms with Crippen molar-refractivity contribution in [2.75, 3.05) is 13.6 Å². The van der Waals surface area contributed by atoms with Gasteiger partial charge in [-0.3, -0.25) is 5.10 Å². The van der Waals surface area contributed by atoms with Gasteiger partial charge in [0.25, 0.3) is 0 Å². The van der Waals surface area contributed by atoms with E-state index < -0.39 is 0 Å². The van der Waals surface area contributed by atoms with Crippen LogP contribution in [0.3, 0.4) is 0 Å². The third-order valence-corrected chi connectivity index (χ3v) is 4.06. The molecule has 3 heteroatoms. The highest BCUT2D eigenvalue weighted by Crippen LogP contribution is 2.30. The minimum Gasteiger partial charge on any atom is -0.320 e. The Morgan fingerprint density at radius 3 is 2.67 bits per heavy atom. The van der Waals surface area contributed by atoms with Crippen LogP contribution < -0.4 is 5.32 Å². The third-order valence-electron chi connectivity index (χ3n) is 4.06. The Hall–Kier alpha value is -2.13. The number of hydrogen-bond donors (Lipinski definition) is 2. The number of rotatable bonds is 5. The zero-order valence-corrected chi connectivity index (χ0v) is 12.6. The van der Waals surface area contributed by atoms with Crippen LogP contribution in [0.15, 0.2) is 48.5 Å². The average molecular weight is 279 g/mol. The van der Waals surface area contributed by atoms with Crippen LogP contribution in [0.4, 0.5) is 0 Å². The molecule has 0 saturated carbocycles. The van der Waals surface area contributed by atoms with Gasteiger partial charge in [0, 0.05) is 17.0 Å². The minimum absolute atomic E-state index is 0.414. The number of nitrogens with zero attached hydrogens (tertiary/aromatic N) is 1. The molecule has 21 heavy (non-hydrogen) atoms. The summed E-state index contributed by atoms with van der Waals surface area (Å²) in [5.41, 5.74) is 4.89. The second-order valence-electron chi connectivity index (χ2n) is 5.48. The van der Waals surface area contributed by atoms with Gasteiger partial charge < -0.3 is 5.32 Å². The molecular weight excluding hydrogens is 258 g/mol. The van der Waals surface area contributed by atoms with Crippen LogP contribution in [0.25, 0.3) is 10.9 Å². The van der Waals surface area contributed by atoms with E-state index in [0.717, 1.165) is 24.2 Å². The number of fused-ring (bicyclic) bond motifs is 1. The van der Waals surface area contributed by atoms with E-state index >= 15 is 0 Å². The smallest absolute Gasteiger partial charge is 0.0923 e. The molecular formula is C18H21N3. The Bertz CT molecular complexity index is 716. The van der Waals surface area contributed by atoms with Crippen LogP contribution in [0.5, 0.6) is 0 Å². The maximum Gasteiger partial charge on any atom is 0.0923 e. The lowest BCUT2D eigenvalue weighted by Crippen LogP contribution is -2.13. The SMILES string of the molecule is CNCCC(c1ccccc1)c1ccc2n[nH]c(C)c2c1. The van der Waals surface area contributed by atoms with E-state index in [1.165, 1.54) is 16.5 Å². The van der Waals surface area contributed by atoms with Crippen molar-refractivity contribution in [1.82, 2.24) is 15.5 Å². The Kier molecular flexibility index (Phi) is 4.02. The highest BCUT2D eigenvalue weighted by atomic mass is 15.1. The number of nitrogens with one attached hydrogen (secondary N) is 2. The molecule has 2 N–H and O–H groups in total. The summed E-state index contributed by atoms with van der Waals surface area (Å²) in [6, 6.07) is 17.3. The fourth-order valence-electron chi connectivity index (χ4n) is 2.87. The molecule has 3 aromatic rings. The first-order chi connectivity index (χ1) is 10.3. The molecule has 0 amide bonds. The van der Waals surface area contributed by atoms with E-state index in [2.05, 4.69) is 71.0 Å². The number of aromatic amines is 1. The molecule has 3 rings (SSSR count). The summed E-state index contributed by atoms with van der Waals surface area (Å²) < 4.78 is 0. The molecule has 1 heterocycles. The van der Waals surface area contributed by atoms with Gasteiger partial charge in [-0.25, -0.2) is 0 Å². The summed E-state index contributed by atoms with van der Waals surface area (Å²) in [4.78, 5) is 0. The highest BCUT2D eigenvalue weighted by molar-refractivity contribution is 5.82. The third kappa shape index (κ3) is 2.83. The molecule has 0 aliphatic carbocycles. The van der Waals surface area contributed by atoms with Crippen LogP contribution in [-0.4, -0.2) is 23.8 Å². The highest BCUT2D eigenvalue weighted by Gasteiger charge is 2.15. The second-order valence-corrected chi connectivity index (χ2v) is 5.48. The summed E-state index contributed by atoms with van der Waals surface area (Å²) in [6.45, 7) is 3.08. The topological polar surface area (TPSA) is 40.7 Å². The van der Waals surface area contributed by atoms with Gasteiger partial charge in [-0.1, -0.05) is 36.4 Å². The fourth-order valence-corrected chi connectivity index (χ4v) is 2.87. The molecule has 3 nitrogen and oxygen atoms in total. The molecule has 1 atom stereocenters. The van der Waals surface area contributed by atoms with Gasteiger partial charge in [-0.05, 0) is 50.2 Å².